The van der Waals surface area contributed by atoms with Crippen LogP contribution in [0.15, 0.2) is 30.3 Å². The van der Waals surface area contributed by atoms with Gasteiger partial charge in [0.05, 0.1) is 54.8 Å². The van der Waals surface area contributed by atoms with E-state index >= 15 is 0 Å². The number of nitrogens with zero attached hydrogens (tertiary/aromatic N) is 3. The number of likely N-dealkylation sites (tertiary alicyclic amines) is 1. The Morgan fingerprint density at radius 3 is 2.02 bits per heavy atom. The van der Waals surface area contributed by atoms with Crippen LogP contribution in [0.2, 0.25) is 0 Å². The highest BCUT2D eigenvalue weighted by Gasteiger charge is 2.43. The molecule has 1 saturated heterocycles. The van der Waals surface area contributed by atoms with Crippen LogP contribution in [0.4, 0.5) is 0 Å². The summed E-state index contributed by atoms with van der Waals surface area (Å²) in [5, 5.41) is 13.8. The number of hydrogen-bond acceptors (Lipinski definition) is 8. The van der Waals surface area contributed by atoms with Crippen LogP contribution in [-0.4, -0.2) is 120 Å². The maximum absolute atomic E-state index is 14.3. The van der Waals surface area contributed by atoms with Crippen molar-refractivity contribution in [3.63, 3.8) is 0 Å². The number of carbonyl (C=O) groups is 5. The van der Waals surface area contributed by atoms with Crippen molar-refractivity contribution in [2.75, 3.05) is 34.9 Å². The number of aliphatic hydroxyl groups is 1. The molecular weight excluding hydrogens is 688 g/mol. The second-order valence-corrected chi connectivity index (χ2v) is 16.1. The highest BCUT2D eigenvalue weighted by Crippen LogP contribution is 2.31. The summed E-state index contributed by atoms with van der Waals surface area (Å²) in [5.74, 6) is -2.54. The van der Waals surface area contributed by atoms with Crippen LogP contribution in [-0.2, 0) is 33.4 Å². The minimum absolute atomic E-state index is 0.00523. The van der Waals surface area contributed by atoms with E-state index in [1.54, 1.807) is 52.0 Å². The molecule has 12 heteroatoms. The number of hydrogen-bond donors (Lipinski definition) is 2. The molecule has 0 saturated carbocycles. The molecular formula is C42H70N4O8. The van der Waals surface area contributed by atoms with E-state index in [1.165, 1.54) is 11.8 Å². The molecule has 1 aliphatic heterocycles. The van der Waals surface area contributed by atoms with Crippen LogP contribution < -0.4 is 5.32 Å². The summed E-state index contributed by atoms with van der Waals surface area (Å²) in [4.78, 5) is 72.8. The molecule has 0 aromatic heterocycles. The molecule has 1 fully saturated rings. The smallest absolute Gasteiger partial charge is 0.226 e. The van der Waals surface area contributed by atoms with Crippen molar-refractivity contribution in [2.24, 2.45) is 29.6 Å². The second-order valence-electron chi connectivity index (χ2n) is 16.1. The standard InChI is InChI=1S/C42H70N4O8/c1-14-27(6)38(45(11)42(52)32(25(2)3)23-34(48)37(26(4)5)44(10)30(9)47)35(53-12)24-36(49)46-22-18-21-33(46)40(54-13)28(7)41(51)43-29(8)39(50)31-19-16-15-17-20-31/h15-17,19-20,25-29,32-33,35,37-40,50H,14,18,21-24H2,1-13H3,(H,43,51)/t27-,28+,29+,32-,33-,35+,37-,38-,39+,40+/m0/s1. The van der Waals surface area contributed by atoms with E-state index in [0.717, 1.165) is 12.8 Å². The number of Topliss-reactive ketones (excluding diaryl/α,β-unsaturated/α-hetero) is 1. The number of methoxy groups -OCH3 is 2. The van der Waals surface area contributed by atoms with E-state index in [4.69, 9.17) is 9.47 Å². The SMILES string of the molecule is CC[C@H](C)[C@@H]([C@@H](CC(=O)N1CCC[C@H]1[C@H](OC)[C@@H](C)C(=O)N[C@H](C)[C@@H](O)c1ccccc1)OC)N(C)C(=O)[C@@H](CC(=O)[C@H](C(C)C)N(C)C(C)=O)C(C)C. The maximum Gasteiger partial charge on any atom is 0.226 e. The van der Waals surface area contributed by atoms with Gasteiger partial charge in [-0.25, -0.2) is 0 Å². The number of aliphatic hydroxyl groups excluding tert-OH is 1. The fourth-order valence-corrected chi connectivity index (χ4v) is 8.12. The first-order valence-electron chi connectivity index (χ1n) is 19.7. The predicted molar refractivity (Wildman–Crippen MR) is 210 cm³/mol. The molecule has 0 bridgehead atoms. The van der Waals surface area contributed by atoms with Crippen LogP contribution in [0.1, 0.15) is 106 Å². The third-order valence-electron chi connectivity index (χ3n) is 11.7. The van der Waals surface area contributed by atoms with E-state index in [1.807, 2.05) is 71.9 Å². The van der Waals surface area contributed by atoms with Crippen LogP contribution >= 0.6 is 0 Å². The van der Waals surface area contributed by atoms with Gasteiger partial charge in [-0.2, -0.15) is 0 Å². The summed E-state index contributed by atoms with van der Waals surface area (Å²) in [7, 11) is 6.45. The van der Waals surface area contributed by atoms with Gasteiger partial charge in [0.1, 0.15) is 0 Å². The van der Waals surface area contributed by atoms with Crippen molar-refractivity contribution in [3.8, 4) is 0 Å². The third kappa shape index (κ3) is 11.8. The van der Waals surface area contributed by atoms with Crippen LogP contribution in [0, 0.1) is 29.6 Å². The normalized spacial score (nSPS) is 19.6. The van der Waals surface area contributed by atoms with Crippen molar-refractivity contribution in [1.82, 2.24) is 20.0 Å². The summed E-state index contributed by atoms with van der Waals surface area (Å²) in [5.41, 5.74) is 0.704. The molecule has 1 heterocycles. The number of rotatable bonds is 21. The summed E-state index contributed by atoms with van der Waals surface area (Å²) in [6.07, 6.45) is 0.0329. The molecule has 1 aliphatic rings. The number of benzene rings is 1. The number of amides is 4. The van der Waals surface area contributed by atoms with E-state index in [9.17, 15) is 29.1 Å². The molecule has 1 aromatic carbocycles. The topological polar surface area (TPSA) is 146 Å². The maximum atomic E-state index is 14.3. The van der Waals surface area contributed by atoms with E-state index in [-0.39, 0.29) is 66.0 Å². The molecule has 12 nitrogen and oxygen atoms in total. The zero-order chi connectivity index (χ0) is 41.0. The first-order chi connectivity index (χ1) is 25.3. The number of nitrogens with one attached hydrogen (secondary N) is 1. The fraction of sp³-hybridized carbons (Fsp3) is 0.738. The Hall–Kier alpha value is -3.35. The lowest BCUT2D eigenvalue weighted by molar-refractivity contribution is -0.149. The molecule has 0 unspecified atom stereocenters. The Morgan fingerprint density at radius 2 is 1.52 bits per heavy atom. The van der Waals surface area contributed by atoms with Gasteiger partial charge >= 0.3 is 0 Å². The zero-order valence-electron chi connectivity index (χ0n) is 35.2. The molecule has 2 N–H and O–H groups in total. The molecule has 0 radical (unpaired) electrons. The van der Waals surface area contributed by atoms with Crippen LogP contribution in [0.3, 0.4) is 0 Å². The predicted octanol–water partition coefficient (Wildman–Crippen LogP) is 4.88. The molecule has 306 valence electrons. The van der Waals surface area contributed by atoms with Crippen molar-refractivity contribution in [2.45, 2.75) is 137 Å². The van der Waals surface area contributed by atoms with E-state index in [2.05, 4.69) is 5.32 Å². The van der Waals surface area contributed by atoms with Crippen molar-refractivity contribution in [1.29, 1.82) is 0 Å². The van der Waals surface area contributed by atoms with Gasteiger partial charge in [0.25, 0.3) is 0 Å². The van der Waals surface area contributed by atoms with Crippen molar-refractivity contribution < 1.29 is 38.6 Å². The number of carbonyl (C=O) groups excluding carboxylic acids is 5. The summed E-state index contributed by atoms with van der Waals surface area (Å²) in [6.45, 7) is 17.2. The summed E-state index contributed by atoms with van der Waals surface area (Å²) >= 11 is 0. The lowest BCUT2D eigenvalue weighted by atomic mass is 9.83. The van der Waals surface area contributed by atoms with Crippen molar-refractivity contribution in [3.05, 3.63) is 35.9 Å². The lowest BCUT2D eigenvalue weighted by Crippen LogP contribution is -2.55. The Morgan fingerprint density at radius 1 is 0.907 bits per heavy atom. The second kappa shape index (κ2) is 21.7. The molecule has 2 rings (SSSR count). The minimum atomic E-state index is -0.885. The van der Waals surface area contributed by atoms with Crippen LogP contribution in [0.5, 0.6) is 0 Å². The molecule has 0 spiro atoms. The fourth-order valence-electron chi connectivity index (χ4n) is 8.12. The van der Waals surface area contributed by atoms with E-state index < -0.39 is 48.3 Å². The Labute approximate surface area is 324 Å². The highest BCUT2D eigenvalue weighted by molar-refractivity contribution is 5.92. The van der Waals surface area contributed by atoms with Crippen LogP contribution in [0.25, 0.3) is 0 Å². The monoisotopic (exact) mass is 759 g/mol. The minimum Gasteiger partial charge on any atom is -0.386 e. The van der Waals surface area contributed by atoms with Gasteiger partial charge in [-0.3, -0.25) is 24.0 Å². The summed E-state index contributed by atoms with van der Waals surface area (Å²) in [6, 6.07) is 7.16. The van der Waals surface area contributed by atoms with Gasteiger partial charge in [0.2, 0.25) is 23.6 Å². The molecule has 54 heavy (non-hydrogen) atoms. The Bertz CT molecular complexity index is 1370. The molecule has 0 aliphatic carbocycles. The largest absolute Gasteiger partial charge is 0.386 e. The van der Waals surface area contributed by atoms with Gasteiger partial charge in [-0.05, 0) is 43.1 Å². The summed E-state index contributed by atoms with van der Waals surface area (Å²) < 4.78 is 11.9. The van der Waals surface area contributed by atoms with Gasteiger partial charge < -0.3 is 34.6 Å². The average molecular weight is 759 g/mol. The van der Waals surface area contributed by atoms with Crippen molar-refractivity contribution >= 4 is 29.4 Å². The zero-order valence-corrected chi connectivity index (χ0v) is 35.2. The first-order valence-corrected chi connectivity index (χ1v) is 19.7. The number of likely N-dealkylation sites (N-methyl/N-ethyl adjacent to an activating group) is 2. The average Bonchev–Trinajstić information content (AvgIpc) is 3.62. The van der Waals surface area contributed by atoms with Gasteiger partial charge in [0.15, 0.2) is 5.78 Å². The first kappa shape index (κ1) is 46.8. The van der Waals surface area contributed by atoms with Gasteiger partial charge in [-0.1, -0.05) is 85.2 Å². The molecule has 10 atom stereocenters. The number of ketones is 1. The highest BCUT2D eigenvalue weighted by atomic mass is 16.5. The van der Waals surface area contributed by atoms with Gasteiger partial charge in [0, 0.05) is 54.1 Å². The van der Waals surface area contributed by atoms with E-state index in [0.29, 0.717) is 18.5 Å². The lowest BCUT2D eigenvalue weighted by Gasteiger charge is -2.41. The Kier molecular flexibility index (Phi) is 18.8. The third-order valence-corrected chi connectivity index (χ3v) is 11.7. The Balaban J connectivity index is 2.27. The molecule has 1 aromatic rings. The quantitative estimate of drug-likeness (QED) is 0.181. The number of ether oxygens (including phenoxy) is 2. The van der Waals surface area contributed by atoms with Gasteiger partial charge in [-0.15, -0.1) is 0 Å². The molecule has 4 amide bonds.